The summed E-state index contributed by atoms with van der Waals surface area (Å²) in [6.45, 7) is 0.833. The Labute approximate surface area is 132 Å². The van der Waals surface area contributed by atoms with Crippen molar-refractivity contribution in [2.24, 2.45) is 0 Å². The molecule has 3 heteroatoms. The monoisotopic (exact) mass is 297 g/mol. The fourth-order valence-corrected chi connectivity index (χ4v) is 3.03. The van der Waals surface area contributed by atoms with Crippen LogP contribution in [0.3, 0.4) is 0 Å². The average Bonchev–Trinajstić information content (AvgIpc) is 2.54. The Kier molecular flexibility index (Phi) is 4.64. The first kappa shape index (κ1) is 14.9. The maximum atomic E-state index is 5.44. The highest BCUT2D eigenvalue weighted by Gasteiger charge is 2.29. The van der Waals surface area contributed by atoms with E-state index < -0.39 is 0 Å². The Morgan fingerprint density at radius 3 is 2.45 bits per heavy atom. The summed E-state index contributed by atoms with van der Waals surface area (Å²) in [5.74, 6) is 2.41. The van der Waals surface area contributed by atoms with Gasteiger partial charge in [-0.15, -0.1) is 0 Å². The van der Waals surface area contributed by atoms with Crippen molar-refractivity contribution in [2.45, 2.75) is 31.3 Å². The van der Waals surface area contributed by atoms with E-state index >= 15 is 0 Å². The Morgan fingerprint density at radius 1 is 1.00 bits per heavy atom. The minimum atomic E-state index is 0.594. The lowest BCUT2D eigenvalue weighted by molar-refractivity contribution is 0.287. The summed E-state index contributed by atoms with van der Waals surface area (Å²) < 4.78 is 10.7. The van der Waals surface area contributed by atoms with Gasteiger partial charge in [0.1, 0.15) is 11.5 Å². The first-order chi connectivity index (χ1) is 10.8. The van der Waals surface area contributed by atoms with Gasteiger partial charge in [-0.1, -0.05) is 36.4 Å². The quantitative estimate of drug-likeness (QED) is 0.881. The third-order valence-corrected chi connectivity index (χ3v) is 4.48. The molecule has 1 aliphatic rings. The second-order valence-corrected chi connectivity index (χ2v) is 5.83. The number of hydrogen-bond acceptors (Lipinski definition) is 3. The normalized spacial score (nSPS) is 20.3. The van der Waals surface area contributed by atoms with Crippen LogP contribution in [-0.2, 0) is 6.54 Å². The van der Waals surface area contributed by atoms with E-state index in [2.05, 4.69) is 41.7 Å². The minimum Gasteiger partial charge on any atom is -0.497 e. The van der Waals surface area contributed by atoms with E-state index in [4.69, 9.17) is 9.47 Å². The topological polar surface area (TPSA) is 30.5 Å². The van der Waals surface area contributed by atoms with Crippen molar-refractivity contribution in [3.05, 3.63) is 59.7 Å². The fourth-order valence-electron chi connectivity index (χ4n) is 3.03. The highest BCUT2D eigenvalue weighted by atomic mass is 16.5. The second kappa shape index (κ2) is 6.84. The molecular weight excluding hydrogens is 274 g/mol. The molecule has 0 saturated heterocycles. The Bertz CT molecular complexity index is 606. The van der Waals surface area contributed by atoms with Crippen LogP contribution in [-0.4, -0.2) is 20.3 Å². The maximum Gasteiger partial charge on any atom is 0.127 e. The van der Waals surface area contributed by atoms with Crippen LogP contribution in [0.15, 0.2) is 48.5 Å². The molecule has 0 atom stereocenters. The summed E-state index contributed by atoms with van der Waals surface area (Å²) in [4.78, 5) is 0. The highest BCUT2D eigenvalue weighted by Crippen LogP contribution is 2.37. The summed E-state index contributed by atoms with van der Waals surface area (Å²) in [5.41, 5.74) is 2.63. The smallest absolute Gasteiger partial charge is 0.127 e. The van der Waals surface area contributed by atoms with Gasteiger partial charge in [-0.3, -0.25) is 0 Å². The molecule has 0 aliphatic heterocycles. The Morgan fingerprint density at radius 2 is 1.77 bits per heavy atom. The number of nitrogens with one attached hydrogen (secondary N) is 1. The SMILES string of the molecule is COc1ccc(CNC2CC(c3ccccc3)C2)c(OC)c1. The molecule has 2 aromatic carbocycles. The molecule has 116 valence electrons. The third-order valence-electron chi connectivity index (χ3n) is 4.48. The molecule has 1 saturated carbocycles. The number of methoxy groups -OCH3 is 2. The average molecular weight is 297 g/mol. The van der Waals surface area contributed by atoms with E-state index in [-0.39, 0.29) is 0 Å². The van der Waals surface area contributed by atoms with E-state index in [0.29, 0.717) is 12.0 Å². The lowest BCUT2D eigenvalue weighted by Crippen LogP contribution is -2.39. The summed E-state index contributed by atoms with van der Waals surface area (Å²) >= 11 is 0. The predicted molar refractivity (Wildman–Crippen MR) is 88.6 cm³/mol. The second-order valence-electron chi connectivity index (χ2n) is 5.83. The van der Waals surface area contributed by atoms with Crippen molar-refractivity contribution in [3.8, 4) is 11.5 Å². The zero-order valence-corrected chi connectivity index (χ0v) is 13.2. The van der Waals surface area contributed by atoms with E-state index in [1.165, 1.54) is 24.0 Å². The summed E-state index contributed by atoms with van der Waals surface area (Å²) in [5, 5.41) is 3.63. The molecule has 0 unspecified atom stereocenters. The van der Waals surface area contributed by atoms with E-state index in [9.17, 15) is 0 Å². The van der Waals surface area contributed by atoms with Crippen LogP contribution >= 0.6 is 0 Å². The number of ether oxygens (including phenoxy) is 2. The Balaban J connectivity index is 1.52. The molecule has 0 radical (unpaired) electrons. The molecule has 1 aliphatic carbocycles. The lowest BCUT2D eigenvalue weighted by Gasteiger charge is -2.36. The van der Waals surface area contributed by atoms with Crippen LogP contribution in [0.5, 0.6) is 11.5 Å². The van der Waals surface area contributed by atoms with Crippen LogP contribution in [0.2, 0.25) is 0 Å². The summed E-state index contributed by atoms with van der Waals surface area (Å²) in [7, 11) is 3.37. The van der Waals surface area contributed by atoms with Crippen molar-refractivity contribution in [1.29, 1.82) is 0 Å². The van der Waals surface area contributed by atoms with Crippen molar-refractivity contribution < 1.29 is 9.47 Å². The third kappa shape index (κ3) is 3.25. The molecule has 1 fully saturated rings. The maximum absolute atomic E-state index is 5.44. The molecule has 0 spiro atoms. The van der Waals surface area contributed by atoms with E-state index in [0.717, 1.165) is 18.0 Å². The van der Waals surface area contributed by atoms with Gasteiger partial charge in [0.25, 0.3) is 0 Å². The zero-order valence-electron chi connectivity index (χ0n) is 13.2. The first-order valence-corrected chi connectivity index (χ1v) is 7.79. The van der Waals surface area contributed by atoms with Gasteiger partial charge >= 0.3 is 0 Å². The Hall–Kier alpha value is -2.00. The van der Waals surface area contributed by atoms with Crippen LogP contribution in [0.4, 0.5) is 0 Å². The van der Waals surface area contributed by atoms with Crippen molar-refractivity contribution in [2.75, 3.05) is 14.2 Å². The molecule has 0 aromatic heterocycles. The highest BCUT2D eigenvalue weighted by molar-refractivity contribution is 5.40. The number of benzene rings is 2. The lowest BCUT2D eigenvalue weighted by atomic mass is 9.76. The van der Waals surface area contributed by atoms with Crippen molar-refractivity contribution in [3.63, 3.8) is 0 Å². The van der Waals surface area contributed by atoms with Gasteiger partial charge in [-0.25, -0.2) is 0 Å². The van der Waals surface area contributed by atoms with Gasteiger partial charge in [-0.2, -0.15) is 0 Å². The summed E-state index contributed by atoms with van der Waals surface area (Å²) in [6.07, 6.45) is 2.42. The molecule has 3 nitrogen and oxygen atoms in total. The van der Waals surface area contributed by atoms with Gasteiger partial charge in [0.2, 0.25) is 0 Å². The van der Waals surface area contributed by atoms with Gasteiger partial charge in [0.05, 0.1) is 14.2 Å². The van der Waals surface area contributed by atoms with Crippen LogP contribution < -0.4 is 14.8 Å². The van der Waals surface area contributed by atoms with Gasteiger partial charge in [-0.05, 0) is 30.4 Å². The zero-order chi connectivity index (χ0) is 15.4. The van der Waals surface area contributed by atoms with Crippen LogP contribution in [0.1, 0.15) is 29.9 Å². The number of hydrogen-bond donors (Lipinski definition) is 1. The van der Waals surface area contributed by atoms with Crippen LogP contribution in [0, 0.1) is 0 Å². The van der Waals surface area contributed by atoms with Crippen molar-refractivity contribution in [1.82, 2.24) is 5.32 Å². The molecular formula is C19H23NO2. The summed E-state index contributed by atoms with van der Waals surface area (Å²) in [6, 6.07) is 17.4. The van der Waals surface area contributed by atoms with Gasteiger partial charge < -0.3 is 14.8 Å². The molecule has 0 bridgehead atoms. The van der Waals surface area contributed by atoms with Crippen molar-refractivity contribution >= 4 is 0 Å². The predicted octanol–water partition coefficient (Wildman–Crippen LogP) is 3.74. The molecule has 22 heavy (non-hydrogen) atoms. The van der Waals surface area contributed by atoms with Gasteiger partial charge in [0, 0.05) is 24.2 Å². The standard InChI is InChI=1S/C19H23NO2/c1-21-18-9-8-15(19(12-18)22-2)13-20-17-10-16(11-17)14-6-4-3-5-7-14/h3-9,12,16-17,20H,10-11,13H2,1-2H3. The molecule has 2 aromatic rings. The van der Waals surface area contributed by atoms with E-state index in [1.54, 1.807) is 14.2 Å². The largest absolute Gasteiger partial charge is 0.497 e. The molecule has 1 N–H and O–H groups in total. The molecule has 3 rings (SSSR count). The molecule has 0 heterocycles. The van der Waals surface area contributed by atoms with Gasteiger partial charge in [0.15, 0.2) is 0 Å². The fraction of sp³-hybridized carbons (Fsp3) is 0.368. The first-order valence-electron chi connectivity index (χ1n) is 7.79. The van der Waals surface area contributed by atoms with Crippen LogP contribution in [0.25, 0.3) is 0 Å². The van der Waals surface area contributed by atoms with E-state index in [1.807, 2.05) is 12.1 Å². The molecule has 0 amide bonds. The number of rotatable bonds is 6. The minimum absolute atomic E-state index is 0.594.